The normalized spacial score (nSPS) is 13.1. The van der Waals surface area contributed by atoms with Crippen LogP contribution in [-0.4, -0.2) is 27.8 Å². The molecule has 0 atom stereocenters. The molecule has 0 spiro atoms. The van der Waals surface area contributed by atoms with Crippen LogP contribution in [0.4, 0.5) is 0 Å². The molecule has 0 aliphatic carbocycles. The highest BCUT2D eigenvalue weighted by Gasteiger charge is 2.20. The molecule has 5 rings (SSSR count). The minimum Gasteiger partial charge on any atom is -0.361 e. The number of rotatable bonds is 5. The molecule has 3 heterocycles. The Kier molecular flexibility index (Phi) is 4.01. The van der Waals surface area contributed by atoms with Crippen LogP contribution in [0.5, 0.6) is 0 Å². The number of Topliss-reactive ketones (excluding diaryl/α,β-unsaturated/α-hetero) is 1. The van der Waals surface area contributed by atoms with Crippen LogP contribution in [0.2, 0.25) is 0 Å². The zero-order valence-electron chi connectivity index (χ0n) is 15.5. The fourth-order valence-corrected chi connectivity index (χ4v) is 4.27. The molecule has 2 aromatic heterocycles. The van der Waals surface area contributed by atoms with Crippen molar-refractivity contribution in [3.63, 3.8) is 0 Å². The van der Waals surface area contributed by atoms with Crippen LogP contribution < -0.4 is 5.32 Å². The lowest BCUT2D eigenvalue weighted by molar-refractivity contribution is -0.120. The van der Waals surface area contributed by atoms with E-state index in [0.29, 0.717) is 5.56 Å². The number of para-hydroxylation sites is 2. The molecular weight excluding hydrogens is 350 g/mol. The van der Waals surface area contributed by atoms with E-state index < -0.39 is 0 Å². The molecule has 0 saturated carbocycles. The summed E-state index contributed by atoms with van der Waals surface area (Å²) in [5, 5.41) is 4.83. The van der Waals surface area contributed by atoms with Gasteiger partial charge in [-0.2, -0.15) is 0 Å². The summed E-state index contributed by atoms with van der Waals surface area (Å²) in [6.07, 6.45) is 6.20. The highest BCUT2D eigenvalue weighted by Crippen LogP contribution is 2.29. The molecule has 0 fully saturated rings. The molecule has 2 aromatic carbocycles. The van der Waals surface area contributed by atoms with E-state index in [-0.39, 0.29) is 24.7 Å². The van der Waals surface area contributed by atoms with Crippen LogP contribution in [0.3, 0.4) is 0 Å². The third-order valence-corrected chi connectivity index (χ3v) is 5.60. The number of nitrogens with one attached hydrogen (secondary N) is 2. The average Bonchev–Trinajstić information content (AvgIpc) is 3.30. The number of hydrogen-bond donors (Lipinski definition) is 2. The zero-order valence-corrected chi connectivity index (χ0v) is 15.5. The van der Waals surface area contributed by atoms with Crippen molar-refractivity contribution >= 4 is 33.5 Å². The van der Waals surface area contributed by atoms with Crippen molar-refractivity contribution < 1.29 is 9.59 Å². The topological polar surface area (TPSA) is 66.9 Å². The Morgan fingerprint density at radius 2 is 1.93 bits per heavy atom. The largest absolute Gasteiger partial charge is 0.361 e. The van der Waals surface area contributed by atoms with Crippen molar-refractivity contribution in [1.82, 2.24) is 14.9 Å². The first kappa shape index (κ1) is 16.8. The van der Waals surface area contributed by atoms with Crippen molar-refractivity contribution in [3.05, 3.63) is 71.5 Å². The molecule has 5 heteroatoms. The molecule has 28 heavy (non-hydrogen) atoms. The highest BCUT2D eigenvalue weighted by atomic mass is 16.2. The third kappa shape index (κ3) is 2.80. The van der Waals surface area contributed by atoms with Crippen molar-refractivity contribution in [2.75, 3.05) is 6.54 Å². The molecule has 0 unspecified atom stereocenters. The van der Waals surface area contributed by atoms with Gasteiger partial charge in [0, 0.05) is 40.8 Å². The number of H-pyrrole nitrogens is 1. The summed E-state index contributed by atoms with van der Waals surface area (Å²) < 4.78 is 2.18. The van der Waals surface area contributed by atoms with E-state index in [1.807, 2.05) is 48.8 Å². The van der Waals surface area contributed by atoms with Crippen molar-refractivity contribution in [1.29, 1.82) is 0 Å². The predicted molar refractivity (Wildman–Crippen MR) is 110 cm³/mol. The van der Waals surface area contributed by atoms with E-state index in [2.05, 4.69) is 20.9 Å². The number of aryl methyl sites for hydroxylation is 2. The number of nitrogens with zero attached hydrogens (tertiary/aromatic N) is 1. The maximum Gasteiger partial charge on any atom is 0.224 e. The van der Waals surface area contributed by atoms with Crippen LogP contribution in [0, 0.1) is 0 Å². The average molecular weight is 371 g/mol. The summed E-state index contributed by atoms with van der Waals surface area (Å²) in [6.45, 7) is 0.957. The van der Waals surface area contributed by atoms with Crippen molar-refractivity contribution in [3.8, 4) is 0 Å². The van der Waals surface area contributed by atoms with Crippen LogP contribution in [0.25, 0.3) is 21.8 Å². The zero-order chi connectivity index (χ0) is 19.1. The lowest BCUT2D eigenvalue weighted by Gasteiger charge is -2.14. The van der Waals surface area contributed by atoms with Gasteiger partial charge in [0.15, 0.2) is 5.78 Å². The molecule has 1 aliphatic heterocycles. The Morgan fingerprint density at radius 3 is 2.86 bits per heavy atom. The van der Waals surface area contributed by atoms with Gasteiger partial charge in [0.25, 0.3) is 0 Å². The van der Waals surface area contributed by atoms with E-state index in [1.165, 1.54) is 11.1 Å². The maximum atomic E-state index is 12.8. The summed E-state index contributed by atoms with van der Waals surface area (Å²) in [6, 6.07) is 14.0. The fraction of sp³-hybridized carbons (Fsp3) is 0.217. The van der Waals surface area contributed by atoms with Crippen molar-refractivity contribution in [2.24, 2.45) is 0 Å². The second kappa shape index (κ2) is 6.68. The third-order valence-electron chi connectivity index (χ3n) is 5.60. The first-order valence-corrected chi connectivity index (χ1v) is 9.66. The summed E-state index contributed by atoms with van der Waals surface area (Å²) in [5.41, 5.74) is 5.11. The SMILES string of the molecule is O=C(Cc1c[nH]c2ccccc12)NCC(=O)c1cn2c3c(cccc13)CCC2. The van der Waals surface area contributed by atoms with Crippen LogP contribution >= 0.6 is 0 Å². The summed E-state index contributed by atoms with van der Waals surface area (Å²) in [4.78, 5) is 28.4. The maximum absolute atomic E-state index is 12.8. The van der Waals surface area contributed by atoms with Gasteiger partial charge in [-0.1, -0.05) is 36.4 Å². The van der Waals surface area contributed by atoms with E-state index in [9.17, 15) is 9.59 Å². The number of carbonyl (C=O) groups is 2. The number of ketones is 1. The fourth-order valence-electron chi connectivity index (χ4n) is 4.27. The number of amides is 1. The minimum atomic E-state index is -0.146. The standard InChI is InChI=1S/C23H21N3O2/c27-21(19-14-26-10-4-6-15-5-3-8-18(19)23(15)26)13-25-22(28)11-16-12-24-20-9-2-1-7-17(16)20/h1-3,5,7-9,12,14,24H,4,6,10-11,13H2,(H,25,28). The van der Waals surface area contributed by atoms with E-state index in [1.54, 1.807) is 0 Å². The van der Waals surface area contributed by atoms with Gasteiger partial charge in [-0.05, 0) is 30.0 Å². The monoisotopic (exact) mass is 371 g/mol. The molecule has 0 saturated heterocycles. The van der Waals surface area contributed by atoms with Crippen LogP contribution in [-0.2, 0) is 24.2 Å². The Hall–Kier alpha value is -3.34. The lowest BCUT2D eigenvalue weighted by atomic mass is 10.0. The smallest absolute Gasteiger partial charge is 0.224 e. The Balaban J connectivity index is 1.31. The Morgan fingerprint density at radius 1 is 1.07 bits per heavy atom. The second-order valence-electron chi connectivity index (χ2n) is 7.39. The van der Waals surface area contributed by atoms with Gasteiger partial charge in [-0.25, -0.2) is 0 Å². The van der Waals surface area contributed by atoms with Gasteiger partial charge in [-0.15, -0.1) is 0 Å². The lowest BCUT2D eigenvalue weighted by Crippen LogP contribution is -2.30. The molecule has 2 N–H and O–H groups in total. The van der Waals surface area contributed by atoms with Gasteiger partial charge in [0.2, 0.25) is 5.91 Å². The van der Waals surface area contributed by atoms with Crippen LogP contribution in [0.15, 0.2) is 54.9 Å². The number of carbonyl (C=O) groups excluding carboxylic acids is 2. The second-order valence-corrected chi connectivity index (χ2v) is 7.39. The van der Waals surface area contributed by atoms with Gasteiger partial charge in [-0.3, -0.25) is 9.59 Å². The van der Waals surface area contributed by atoms with Crippen LogP contribution in [0.1, 0.15) is 27.9 Å². The molecule has 0 radical (unpaired) electrons. The highest BCUT2D eigenvalue weighted by molar-refractivity contribution is 6.10. The summed E-state index contributed by atoms with van der Waals surface area (Å²) in [7, 11) is 0. The quantitative estimate of drug-likeness (QED) is 0.526. The number of aromatic amines is 1. The van der Waals surface area contributed by atoms with Gasteiger partial charge in [0.1, 0.15) is 0 Å². The molecule has 0 bridgehead atoms. The first-order chi connectivity index (χ1) is 13.7. The first-order valence-electron chi connectivity index (χ1n) is 9.66. The van der Waals surface area contributed by atoms with Crippen molar-refractivity contribution in [2.45, 2.75) is 25.8 Å². The Labute approximate surface area is 162 Å². The molecule has 1 amide bonds. The number of hydrogen-bond acceptors (Lipinski definition) is 2. The summed E-state index contributed by atoms with van der Waals surface area (Å²) >= 11 is 0. The molecule has 4 aromatic rings. The Bertz CT molecular complexity index is 1220. The predicted octanol–water partition coefficient (Wildman–Crippen LogP) is 3.61. The van der Waals surface area contributed by atoms with Gasteiger partial charge < -0.3 is 14.9 Å². The number of benzene rings is 2. The molecule has 140 valence electrons. The van der Waals surface area contributed by atoms with E-state index in [0.717, 1.165) is 41.2 Å². The molecule has 1 aliphatic rings. The number of aromatic nitrogens is 2. The van der Waals surface area contributed by atoms with Gasteiger partial charge >= 0.3 is 0 Å². The number of fused-ring (bicyclic) bond motifs is 1. The molecule has 5 nitrogen and oxygen atoms in total. The molecular formula is C23H21N3O2. The van der Waals surface area contributed by atoms with Gasteiger partial charge in [0.05, 0.1) is 18.5 Å². The minimum absolute atomic E-state index is 0.0184. The van der Waals surface area contributed by atoms with E-state index in [4.69, 9.17) is 0 Å². The summed E-state index contributed by atoms with van der Waals surface area (Å²) in [5.74, 6) is -0.193. The van der Waals surface area contributed by atoms with E-state index >= 15 is 0 Å².